The smallest absolute Gasteiger partial charge is 0.191 e. The molecule has 0 aromatic carbocycles. The highest BCUT2D eigenvalue weighted by atomic mass is 127. The molecule has 2 unspecified atom stereocenters. The predicted molar refractivity (Wildman–Crippen MR) is 122 cm³/mol. The van der Waals surface area contributed by atoms with E-state index >= 15 is 0 Å². The molecule has 1 heterocycles. The van der Waals surface area contributed by atoms with Gasteiger partial charge in [0.25, 0.3) is 0 Å². The second kappa shape index (κ2) is 10.6. The zero-order valence-electron chi connectivity index (χ0n) is 17.0. The fourth-order valence-electron chi connectivity index (χ4n) is 4.64. The van der Waals surface area contributed by atoms with Crippen LogP contribution >= 0.6 is 24.0 Å². The number of pyridine rings is 1. The highest BCUT2D eigenvalue weighted by Crippen LogP contribution is 2.54. The normalized spacial score (nSPS) is 23.6. The first-order chi connectivity index (χ1) is 12.7. The fraction of sp³-hybridized carbons (Fsp3) is 0.714. The van der Waals surface area contributed by atoms with Gasteiger partial charge in [0.15, 0.2) is 5.96 Å². The number of nitrogens with one attached hydrogen (secondary N) is 2. The molecule has 0 saturated heterocycles. The third kappa shape index (κ3) is 5.13. The van der Waals surface area contributed by atoms with Crippen molar-refractivity contribution >= 4 is 29.9 Å². The summed E-state index contributed by atoms with van der Waals surface area (Å²) in [6.45, 7) is 8.83. The van der Waals surface area contributed by atoms with Gasteiger partial charge < -0.3 is 15.4 Å². The quantitative estimate of drug-likeness (QED) is 0.349. The summed E-state index contributed by atoms with van der Waals surface area (Å²) in [5.41, 5.74) is 2.89. The molecule has 2 aliphatic carbocycles. The number of guanidine groups is 1. The topological polar surface area (TPSA) is 58.5 Å². The maximum absolute atomic E-state index is 6.03. The first-order valence-electron chi connectivity index (χ1n) is 10.3. The third-order valence-electron chi connectivity index (χ3n) is 6.13. The first kappa shape index (κ1) is 22.4. The van der Waals surface area contributed by atoms with Crippen LogP contribution < -0.4 is 10.6 Å². The number of rotatable bonds is 7. The summed E-state index contributed by atoms with van der Waals surface area (Å²) < 4.78 is 6.03. The Hall–Kier alpha value is -0.890. The Morgan fingerprint density at radius 3 is 2.78 bits per heavy atom. The molecule has 2 atom stereocenters. The van der Waals surface area contributed by atoms with E-state index in [1.807, 2.05) is 12.4 Å². The highest BCUT2D eigenvalue weighted by molar-refractivity contribution is 14.0. The molecule has 0 bridgehead atoms. The van der Waals surface area contributed by atoms with E-state index in [4.69, 9.17) is 9.73 Å². The Morgan fingerprint density at radius 2 is 2.11 bits per heavy atom. The van der Waals surface area contributed by atoms with Crippen molar-refractivity contribution in [2.75, 3.05) is 19.7 Å². The lowest BCUT2D eigenvalue weighted by molar-refractivity contribution is -0.125. The first-order valence-corrected chi connectivity index (χ1v) is 10.3. The highest BCUT2D eigenvalue weighted by Gasteiger charge is 2.56. The van der Waals surface area contributed by atoms with Crippen molar-refractivity contribution in [1.29, 1.82) is 0 Å². The number of hydrogen-bond donors (Lipinski definition) is 2. The van der Waals surface area contributed by atoms with Gasteiger partial charge in [-0.2, -0.15) is 0 Å². The monoisotopic (exact) mass is 486 g/mol. The maximum atomic E-state index is 6.03. The summed E-state index contributed by atoms with van der Waals surface area (Å²) in [6.07, 6.45) is 11.5. The SMILES string of the molecule is CCNC(=NCCc1ccncc1C)NC1CC(OCC)C12CCCC2.I. The number of aromatic nitrogens is 1. The minimum absolute atomic E-state index is 0. The Balaban J connectivity index is 0.00000261. The minimum Gasteiger partial charge on any atom is -0.378 e. The van der Waals surface area contributed by atoms with Crippen molar-refractivity contribution in [2.45, 2.75) is 71.4 Å². The number of halogens is 1. The van der Waals surface area contributed by atoms with E-state index in [1.165, 1.54) is 36.8 Å². The molecule has 0 radical (unpaired) electrons. The van der Waals surface area contributed by atoms with Crippen LogP contribution in [0, 0.1) is 12.3 Å². The average Bonchev–Trinajstić information content (AvgIpc) is 3.15. The van der Waals surface area contributed by atoms with Crippen LogP contribution in [0.25, 0.3) is 0 Å². The van der Waals surface area contributed by atoms with Gasteiger partial charge in [-0.1, -0.05) is 12.8 Å². The predicted octanol–water partition coefficient (Wildman–Crippen LogP) is 3.84. The van der Waals surface area contributed by atoms with Gasteiger partial charge in [0.1, 0.15) is 0 Å². The number of aliphatic imine (C=N–C) groups is 1. The van der Waals surface area contributed by atoms with E-state index in [0.717, 1.165) is 38.5 Å². The standard InChI is InChI=1S/C21H34N4O.HI/c1-4-23-20(24-13-9-17-8-12-22-15-16(17)3)25-18-14-19(26-5-2)21(18)10-6-7-11-21;/h8,12,15,18-19H,4-7,9-11,13-14H2,1-3H3,(H2,23,24,25);1H. The molecule has 3 rings (SSSR count). The van der Waals surface area contributed by atoms with Crippen LogP contribution in [0.5, 0.6) is 0 Å². The molecule has 2 fully saturated rings. The van der Waals surface area contributed by atoms with E-state index in [2.05, 4.69) is 42.5 Å². The molecule has 1 aromatic rings. The van der Waals surface area contributed by atoms with Crippen LogP contribution in [-0.4, -0.2) is 42.8 Å². The lowest BCUT2D eigenvalue weighted by Gasteiger charge is -2.54. The van der Waals surface area contributed by atoms with E-state index in [-0.39, 0.29) is 24.0 Å². The van der Waals surface area contributed by atoms with Gasteiger partial charge in [-0.15, -0.1) is 24.0 Å². The number of aryl methyl sites for hydroxylation is 1. The van der Waals surface area contributed by atoms with E-state index in [1.54, 1.807) is 0 Å². The summed E-state index contributed by atoms with van der Waals surface area (Å²) >= 11 is 0. The van der Waals surface area contributed by atoms with Gasteiger partial charge in [0.2, 0.25) is 0 Å². The second-order valence-corrected chi connectivity index (χ2v) is 7.63. The van der Waals surface area contributed by atoms with E-state index in [9.17, 15) is 0 Å². The lowest BCUT2D eigenvalue weighted by Crippen LogP contribution is -2.65. The average molecular weight is 486 g/mol. The Labute approximate surface area is 181 Å². The zero-order valence-corrected chi connectivity index (χ0v) is 19.3. The number of hydrogen-bond acceptors (Lipinski definition) is 3. The zero-order chi connectivity index (χ0) is 18.4. The molecule has 27 heavy (non-hydrogen) atoms. The van der Waals surface area contributed by atoms with Gasteiger partial charge in [0.05, 0.1) is 6.10 Å². The fourth-order valence-corrected chi connectivity index (χ4v) is 4.64. The van der Waals surface area contributed by atoms with Gasteiger partial charge in [0, 0.05) is 43.5 Å². The van der Waals surface area contributed by atoms with Crippen LogP contribution in [0.1, 0.15) is 57.1 Å². The van der Waals surface area contributed by atoms with Crippen LogP contribution in [-0.2, 0) is 11.2 Å². The second-order valence-electron chi connectivity index (χ2n) is 7.63. The Bertz CT molecular complexity index is 616. The summed E-state index contributed by atoms with van der Waals surface area (Å²) in [5.74, 6) is 0.949. The van der Waals surface area contributed by atoms with Crippen LogP contribution in [0.2, 0.25) is 0 Å². The van der Waals surface area contributed by atoms with E-state index < -0.39 is 0 Å². The maximum Gasteiger partial charge on any atom is 0.191 e. The molecule has 5 nitrogen and oxygen atoms in total. The van der Waals surface area contributed by atoms with Crippen LogP contribution in [0.4, 0.5) is 0 Å². The molecular weight excluding hydrogens is 451 g/mol. The molecule has 6 heteroatoms. The van der Waals surface area contributed by atoms with Crippen molar-refractivity contribution in [3.63, 3.8) is 0 Å². The molecule has 0 amide bonds. The molecule has 1 spiro atoms. The molecule has 2 saturated carbocycles. The van der Waals surface area contributed by atoms with Crippen LogP contribution in [0.3, 0.4) is 0 Å². The largest absolute Gasteiger partial charge is 0.378 e. The number of nitrogens with zero attached hydrogens (tertiary/aromatic N) is 2. The molecule has 2 aliphatic rings. The Kier molecular flexibility index (Phi) is 8.79. The van der Waals surface area contributed by atoms with Crippen molar-refractivity contribution < 1.29 is 4.74 Å². The van der Waals surface area contributed by atoms with Crippen molar-refractivity contribution in [1.82, 2.24) is 15.6 Å². The lowest BCUT2D eigenvalue weighted by atomic mass is 9.60. The third-order valence-corrected chi connectivity index (χ3v) is 6.13. The van der Waals surface area contributed by atoms with Crippen molar-refractivity contribution in [3.05, 3.63) is 29.6 Å². The number of ether oxygens (including phenoxy) is 1. The summed E-state index contributed by atoms with van der Waals surface area (Å²) in [7, 11) is 0. The summed E-state index contributed by atoms with van der Waals surface area (Å²) in [5, 5.41) is 7.14. The molecule has 152 valence electrons. The van der Waals surface area contributed by atoms with E-state index in [0.29, 0.717) is 17.6 Å². The minimum atomic E-state index is 0. The molecular formula is C21H35IN4O. The van der Waals surface area contributed by atoms with Gasteiger partial charge in [-0.3, -0.25) is 9.98 Å². The van der Waals surface area contributed by atoms with Crippen molar-refractivity contribution in [3.8, 4) is 0 Å². The Morgan fingerprint density at radius 1 is 1.33 bits per heavy atom. The van der Waals surface area contributed by atoms with Crippen molar-refractivity contribution in [2.24, 2.45) is 10.4 Å². The van der Waals surface area contributed by atoms with Gasteiger partial charge >= 0.3 is 0 Å². The molecule has 1 aromatic heterocycles. The molecule has 0 aliphatic heterocycles. The van der Waals surface area contributed by atoms with Crippen LogP contribution in [0.15, 0.2) is 23.5 Å². The summed E-state index contributed by atoms with van der Waals surface area (Å²) in [4.78, 5) is 9.00. The van der Waals surface area contributed by atoms with Gasteiger partial charge in [-0.05, 0) is 63.6 Å². The van der Waals surface area contributed by atoms with Gasteiger partial charge in [-0.25, -0.2) is 0 Å². The molecule has 2 N–H and O–H groups in total. The summed E-state index contributed by atoms with van der Waals surface area (Å²) in [6, 6.07) is 2.58.